The van der Waals surface area contributed by atoms with E-state index in [1.807, 2.05) is 6.07 Å². The molecule has 8 nitrogen and oxygen atoms in total. The van der Waals surface area contributed by atoms with E-state index in [0.29, 0.717) is 12.5 Å². The van der Waals surface area contributed by atoms with Gasteiger partial charge in [-0.15, -0.1) is 0 Å². The number of aryl methyl sites for hydroxylation is 1. The van der Waals surface area contributed by atoms with E-state index in [1.54, 1.807) is 12.0 Å². The number of carbonyl (C=O) groups excluding carboxylic acids is 1. The summed E-state index contributed by atoms with van der Waals surface area (Å²) < 4.78 is 16.7. The molecule has 1 amide bonds. The Balaban J connectivity index is 1.31. The molecule has 1 aromatic heterocycles. The van der Waals surface area contributed by atoms with Gasteiger partial charge < -0.3 is 29.3 Å². The van der Waals surface area contributed by atoms with Crippen molar-refractivity contribution in [2.75, 3.05) is 65.4 Å². The van der Waals surface area contributed by atoms with Gasteiger partial charge in [0, 0.05) is 54.9 Å². The summed E-state index contributed by atoms with van der Waals surface area (Å²) >= 11 is 0. The van der Waals surface area contributed by atoms with E-state index in [4.69, 9.17) is 19.2 Å². The average Bonchev–Trinajstić information content (AvgIpc) is 3.51. The largest absolute Gasteiger partial charge is 0.493 e. The van der Waals surface area contributed by atoms with Gasteiger partial charge in [0.2, 0.25) is 0 Å². The lowest BCUT2D eigenvalue weighted by Crippen LogP contribution is -2.52. The molecule has 0 radical (unpaired) electrons. The molecule has 1 aromatic carbocycles. The van der Waals surface area contributed by atoms with Gasteiger partial charge in [-0.05, 0) is 63.2 Å². The second-order valence-electron chi connectivity index (χ2n) is 9.66. The Hall–Kier alpha value is -2.74. The van der Waals surface area contributed by atoms with Gasteiger partial charge in [-0.25, -0.2) is 4.79 Å². The summed E-state index contributed by atoms with van der Waals surface area (Å²) in [5.41, 5.74) is 4.61. The highest BCUT2D eigenvalue weighted by atomic mass is 16.5. The Morgan fingerprint density at radius 3 is 2.71 bits per heavy atom. The van der Waals surface area contributed by atoms with Crippen LogP contribution in [0, 0.1) is 5.92 Å². The maximum atomic E-state index is 11.7. The molecule has 2 aliphatic heterocycles. The number of ether oxygens (including phenoxy) is 3. The molecule has 34 heavy (non-hydrogen) atoms. The van der Waals surface area contributed by atoms with Crippen LogP contribution in [0.2, 0.25) is 0 Å². The number of amides is 1. The van der Waals surface area contributed by atoms with Crippen LogP contribution in [0.4, 0.5) is 10.5 Å². The van der Waals surface area contributed by atoms with E-state index < -0.39 is 0 Å². The molecule has 0 bridgehead atoms. The van der Waals surface area contributed by atoms with Crippen molar-refractivity contribution < 1.29 is 19.0 Å². The van der Waals surface area contributed by atoms with E-state index in [1.165, 1.54) is 44.3 Å². The van der Waals surface area contributed by atoms with Crippen molar-refractivity contribution in [1.82, 2.24) is 14.8 Å². The quantitative estimate of drug-likeness (QED) is 0.562. The minimum Gasteiger partial charge on any atom is -0.493 e. The first-order chi connectivity index (χ1) is 16.7. The highest BCUT2D eigenvalue weighted by Crippen LogP contribution is 2.40. The number of benzene rings is 1. The minimum absolute atomic E-state index is 0.246. The average molecular weight is 469 g/mol. The van der Waals surface area contributed by atoms with E-state index in [2.05, 4.69) is 16.3 Å². The standard InChI is InChI=1S/C26H36N4O4/c1-32-23-13-20-22(14-24(23)34-12-6-11-29-9-3-4-10-29)28-21-8-5-7-19(21)25(20)27-15-18-16-30(17-18)26(31)33-2/h13-14,18H,3-12,15-17H2,1-2H3,(H,27,28). The number of nitrogens with zero attached hydrogens (tertiary/aromatic N) is 3. The zero-order valence-electron chi connectivity index (χ0n) is 20.4. The third kappa shape index (κ3) is 4.73. The van der Waals surface area contributed by atoms with Crippen molar-refractivity contribution in [2.45, 2.75) is 38.5 Å². The van der Waals surface area contributed by atoms with Crippen LogP contribution in [-0.4, -0.2) is 81.0 Å². The van der Waals surface area contributed by atoms with Gasteiger partial charge in [-0.1, -0.05) is 0 Å². The lowest BCUT2D eigenvalue weighted by atomic mass is 10.00. The van der Waals surface area contributed by atoms with Gasteiger partial charge >= 0.3 is 6.09 Å². The van der Waals surface area contributed by atoms with Crippen LogP contribution in [0.1, 0.15) is 36.9 Å². The number of pyridine rings is 1. The molecule has 2 aromatic rings. The molecule has 3 heterocycles. The molecule has 0 atom stereocenters. The number of hydrogen-bond donors (Lipinski definition) is 1. The third-order valence-corrected chi connectivity index (χ3v) is 7.33. The first kappa shape index (κ1) is 23.0. The van der Waals surface area contributed by atoms with Crippen LogP contribution >= 0.6 is 0 Å². The van der Waals surface area contributed by atoms with Crippen molar-refractivity contribution in [2.24, 2.45) is 5.92 Å². The van der Waals surface area contributed by atoms with Crippen LogP contribution < -0.4 is 14.8 Å². The number of nitrogens with one attached hydrogen (secondary N) is 1. The summed E-state index contributed by atoms with van der Waals surface area (Å²) in [5.74, 6) is 1.93. The van der Waals surface area contributed by atoms with Crippen molar-refractivity contribution in [1.29, 1.82) is 0 Å². The van der Waals surface area contributed by atoms with Gasteiger partial charge in [0.05, 0.1) is 26.3 Å². The normalized spacial score (nSPS) is 18.1. The molecule has 0 saturated carbocycles. The van der Waals surface area contributed by atoms with Gasteiger partial charge in [-0.3, -0.25) is 4.98 Å². The molecule has 8 heteroatoms. The number of hydrogen-bond acceptors (Lipinski definition) is 7. The lowest BCUT2D eigenvalue weighted by molar-refractivity contribution is 0.0716. The molecule has 5 rings (SSSR count). The lowest BCUT2D eigenvalue weighted by Gasteiger charge is -2.38. The summed E-state index contributed by atoms with van der Waals surface area (Å²) in [5, 5.41) is 4.78. The number of carbonyl (C=O) groups is 1. The maximum Gasteiger partial charge on any atom is 0.409 e. The zero-order valence-corrected chi connectivity index (χ0v) is 20.4. The first-order valence-electron chi connectivity index (χ1n) is 12.6. The number of aromatic nitrogens is 1. The maximum absolute atomic E-state index is 11.7. The first-order valence-corrected chi connectivity index (χ1v) is 12.6. The van der Waals surface area contributed by atoms with E-state index in [-0.39, 0.29) is 6.09 Å². The Bertz CT molecular complexity index is 1030. The number of anilines is 1. The molecule has 3 aliphatic rings. The predicted octanol–water partition coefficient (Wildman–Crippen LogP) is 3.71. The molecule has 184 valence electrons. The monoisotopic (exact) mass is 468 g/mol. The van der Waals surface area contributed by atoms with E-state index in [9.17, 15) is 4.79 Å². The summed E-state index contributed by atoms with van der Waals surface area (Å²) in [6.45, 7) is 6.46. The van der Waals surface area contributed by atoms with Crippen molar-refractivity contribution >= 4 is 22.7 Å². The topological polar surface area (TPSA) is 76.2 Å². The number of likely N-dealkylation sites (tertiary alicyclic amines) is 2. The fourth-order valence-electron chi connectivity index (χ4n) is 5.44. The Kier molecular flexibility index (Phi) is 6.94. The van der Waals surface area contributed by atoms with Crippen molar-refractivity contribution in [3.63, 3.8) is 0 Å². The highest BCUT2D eigenvalue weighted by molar-refractivity contribution is 5.96. The third-order valence-electron chi connectivity index (χ3n) is 7.33. The molecule has 0 spiro atoms. The van der Waals surface area contributed by atoms with Gasteiger partial charge in [0.15, 0.2) is 11.5 Å². The van der Waals surface area contributed by atoms with E-state index >= 15 is 0 Å². The molecular weight excluding hydrogens is 432 g/mol. The molecule has 1 aliphatic carbocycles. The smallest absolute Gasteiger partial charge is 0.409 e. The number of methoxy groups -OCH3 is 2. The Labute approximate surface area is 201 Å². The number of rotatable bonds is 9. The van der Waals surface area contributed by atoms with Crippen LogP contribution in [0.5, 0.6) is 11.5 Å². The van der Waals surface area contributed by atoms with Crippen molar-refractivity contribution in [3.8, 4) is 11.5 Å². The summed E-state index contributed by atoms with van der Waals surface area (Å²) in [4.78, 5) is 20.9. The van der Waals surface area contributed by atoms with Crippen LogP contribution in [0.3, 0.4) is 0 Å². The second-order valence-corrected chi connectivity index (χ2v) is 9.66. The molecule has 0 unspecified atom stereocenters. The number of fused-ring (bicyclic) bond motifs is 2. The van der Waals surface area contributed by atoms with Crippen LogP contribution in [0.25, 0.3) is 10.9 Å². The summed E-state index contributed by atoms with van der Waals surface area (Å²) in [6, 6.07) is 4.11. The van der Waals surface area contributed by atoms with Gasteiger partial charge in [0.1, 0.15) is 0 Å². The molecule has 2 fully saturated rings. The fraction of sp³-hybridized carbons (Fsp3) is 0.615. The van der Waals surface area contributed by atoms with Gasteiger partial charge in [0.25, 0.3) is 0 Å². The zero-order chi connectivity index (χ0) is 23.5. The highest BCUT2D eigenvalue weighted by Gasteiger charge is 2.31. The summed E-state index contributed by atoms with van der Waals surface area (Å²) in [6.07, 6.45) is 6.57. The van der Waals surface area contributed by atoms with Crippen LogP contribution in [0.15, 0.2) is 12.1 Å². The van der Waals surface area contributed by atoms with Gasteiger partial charge in [-0.2, -0.15) is 0 Å². The van der Waals surface area contributed by atoms with Crippen molar-refractivity contribution in [3.05, 3.63) is 23.4 Å². The summed E-state index contributed by atoms with van der Waals surface area (Å²) in [7, 11) is 3.13. The van der Waals surface area contributed by atoms with E-state index in [0.717, 1.165) is 80.0 Å². The Morgan fingerprint density at radius 1 is 1.12 bits per heavy atom. The fourth-order valence-corrected chi connectivity index (χ4v) is 5.44. The second kappa shape index (κ2) is 10.3. The molecular formula is C26H36N4O4. The molecule has 1 N–H and O–H groups in total. The predicted molar refractivity (Wildman–Crippen MR) is 132 cm³/mol. The van der Waals surface area contributed by atoms with Crippen LogP contribution in [-0.2, 0) is 17.6 Å². The minimum atomic E-state index is -0.246. The SMILES string of the molecule is COC(=O)N1CC(CNc2c3c(nc4cc(OCCCN5CCCC5)c(OC)cc24)CCC3)C1. The molecule has 2 saturated heterocycles. The Morgan fingerprint density at radius 2 is 1.94 bits per heavy atom.